The zero-order chi connectivity index (χ0) is 28.6. The molecular formula is C26H24ClF3N8O2. The number of halogens is 4. The van der Waals surface area contributed by atoms with Crippen LogP contribution in [0.3, 0.4) is 0 Å². The Labute approximate surface area is 230 Å². The van der Waals surface area contributed by atoms with Crippen molar-refractivity contribution in [3.8, 4) is 0 Å². The molecule has 4 aromatic heterocycles. The molecule has 10 nitrogen and oxygen atoms in total. The first-order valence-corrected chi connectivity index (χ1v) is 13.0. The van der Waals surface area contributed by atoms with Crippen LogP contribution < -0.4 is 11.1 Å². The van der Waals surface area contributed by atoms with E-state index in [4.69, 9.17) is 17.3 Å². The number of pyridine rings is 2. The molecule has 6 rings (SSSR count). The number of carbonyl (C=O) groups excluding carboxylic acids is 2. The molecule has 2 aliphatic rings. The Balaban J connectivity index is 1.40. The number of fused-ring (bicyclic) bond motifs is 4. The van der Waals surface area contributed by atoms with Gasteiger partial charge >= 0.3 is 6.18 Å². The average Bonchev–Trinajstić information content (AvgIpc) is 3.29. The summed E-state index contributed by atoms with van der Waals surface area (Å²) in [5.74, 6) is -0.541. The van der Waals surface area contributed by atoms with Gasteiger partial charge in [0.2, 0.25) is 11.8 Å². The number of nitrogens with two attached hydrogens (primary N) is 1. The Morgan fingerprint density at radius 2 is 2.02 bits per heavy atom. The highest BCUT2D eigenvalue weighted by Gasteiger charge is 2.58. The maximum atomic E-state index is 14.0. The Bertz CT molecular complexity index is 1710. The van der Waals surface area contributed by atoms with Gasteiger partial charge in [0.1, 0.15) is 52.6 Å². The van der Waals surface area contributed by atoms with Gasteiger partial charge in [-0.25, -0.2) is 19.9 Å². The number of aromatic nitrogens is 5. The van der Waals surface area contributed by atoms with Crippen LogP contribution in [-0.4, -0.2) is 53.3 Å². The molecule has 2 amide bonds. The van der Waals surface area contributed by atoms with E-state index in [2.05, 4.69) is 25.3 Å². The van der Waals surface area contributed by atoms with Crippen molar-refractivity contribution in [1.29, 1.82) is 0 Å². The molecule has 3 N–H and O–H groups in total. The van der Waals surface area contributed by atoms with Crippen LogP contribution in [0.2, 0.25) is 5.15 Å². The number of rotatable bonds is 4. The van der Waals surface area contributed by atoms with Crippen LogP contribution in [0, 0.1) is 12.3 Å². The third kappa shape index (κ3) is 4.10. The summed E-state index contributed by atoms with van der Waals surface area (Å²) < 4.78 is 42.3. The van der Waals surface area contributed by atoms with Gasteiger partial charge in [0.25, 0.3) is 0 Å². The number of nitrogens with one attached hydrogen (secondary N) is 1. The third-order valence-corrected chi connectivity index (χ3v) is 8.28. The first-order valence-electron chi connectivity index (χ1n) is 12.6. The van der Waals surface area contributed by atoms with Gasteiger partial charge in [-0.1, -0.05) is 24.6 Å². The topological polar surface area (TPSA) is 132 Å². The summed E-state index contributed by atoms with van der Waals surface area (Å²) in [5.41, 5.74) is 5.44. The van der Waals surface area contributed by atoms with E-state index in [9.17, 15) is 22.8 Å². The van der Waals surface area contributed by atoms with E-state index in [1.54, 1.807) is 23.1 Å². The van der Waals surface area contributed by atoms with Gasteiger partial charge in [-0.2, -0.15) is 13.2 Å². The molecule has 0 radical (unpaired) electrons. The molecule has 0 unspecified atom stereocenters. The molecule has 0 bridgehead atoms. The molecule has 208 valence electrons. The second-order valence-electron chi connectivity index (χ2n) is 10.6. The maximum Gasteiger partial charge on any atom is 0.433 e. The second-order valence-corrected chi connectivity index (χ2v) is 11.0. The fourth-order valence-electron chi connectivity index (χ4n) is 6.11. The molecule has 1 saturated heterocycles. The van der Waals surface area contributed by atoms with Gasteiger partial charge < -0.3 is 20.5 Å². The molecule has 14 heteroatoms. The summed E-state index contributed by atoms with van der Waals surface area (Å²) in [6, 6.07) is 4.85. The quantitative estimate of drug-likeness (QED) is 0.348. The third-order valence-electron chi connectivity index (χ3n) is 8.07. The monoisotopic (exact) mass is 572 g/mol. The van der Waals surface area contributed by atoms with Crippen molar-refractivity contribution < 1.29 is 22.8 Å². The summed E-state index contributed by atoms with van der Waals surface area (Å²) in [7, 11) is 0. The lowest BCUT2D eigenvalue weighted by Gasteiger charge is -2.44. The summed E-state index contributed by atoms with van der Waals surface area (Å²) in [6.07, 6.45) is -1.43. The van der Waals surface area contributed by atoms with E-state index in [1.165, 1.54) is 17.8 Å². The van der Waals surface area contributed by atoms with Gasteiger partial charge in [-0.05, 0) is 55.4 Å². The highest BCUT2D eigenvalue weighted by Crippen LogP contribution is 2.54. The van der Waals surface area contributed by atoms with Crippen molar-refractivity contribution >= 4 is 57.1 Å². The van der Waals surface area contributed by atoms with Crippen LogP contribution in [0.4, 0.5) is 24.8 Å². The van der Waals surface area contributed by atoms with Crippen LogP contribution in [0.1, 0.15) is 37.4 Å². The predicted molar refractivity (Wildman–Crippen MR) is 141 cm³/mol. The molecule has 4 aromatic rings. The SMILES string of the molecule is Cc1cc(C(F)(F)F)nc2c3c(N)ncnc3n(CC(=O)N3[C@H](C(=O)Nc4cccc(Cl)n4)C[C@@]4(C)CC[C@@H]34)c12. The molecule has 1 aliphatic heterocycles. The normalized spacial score (nSPS) is 22.4. The molecule has 3 atom stereocenters. The molecule has 2 fully saturated rings. The molecular weight excluding hydrogens is 549 g/mol. The van der Waals surface area contributed by atoms with E-state index < -0.39 is 17.9 Å². The van der Waals surface area contributed by atoms with Crippen LogP contribution in [0.25, 0.3) is 22.1 Å². The van der Waals surface area contributed by atoms with Crippen molar-refractivity contribution in [1.82, 2.24) is 29.4 Å². The van der Waals surface area contributed by atoms with Crippen LogP contribution >= 0.6 is 11.6 Å². The van der Waals surface area contributed by atoms with Gasteiger partial charge in [0.05, 0.1) is 10.9 Å². The number of hydrogen-bond donors (Lipinski definition) is 2. The van der Waals surface area contributed by atoms with Gasteiger partial charge in [-0.3, -0.25) is 9.59 Å². The molecule has 1 aliphatic carbocycles. The minimum atomic E-state index is -4.68. The molecule has 0 spiro atoms. The zero-order valence-electron chi connectivity index (χ0n) is 21.5. The minimum Gasteiger partial charge on any atom is -0.383 e. The molecule has 0 aromatic carbocycles. The van der Waals surface area contributed by atoms with Gasteiger partial charge in [-0.15, -0.1) is 0 Å². The van der Waals surface area contributed by atoms with Gasteiger partial charge in [0.15, 0.2) is 0 Å². The molecule has 5 heterocycles. The van der Waals surface area contributed by atoms with Crippen LogP contribution in [-0.2, 0) is 22.3 Å². The first-order chi connectivity index (χ1) is 18.9. The number of anilines is 2. The van der Waals surface area contributed by atoms with E-state index in [1.807, 2.05) is 6.92 Å². The Morgan fingerprint density at radius 1 is 1.25 bits per heavy atom. The van der Waals surface area contributed by atoms with Crippen molar-refractivity contribution in [2.45, 2.75) is 57.9 Å². The fourth-order valence-corrected chi connectivity index (χ4v) is 6.28. The lowest BCUT2D eigenvalue weighted by Crippen LogP contribution is -2.52. The van der Waals surface area contributed by atoms with Gasteiger partial charge in [0, 0.05) is 6.04 Å². The van der Waals surface area contributed by atoms with E-state index >= 15 is 0 Å². The summed E-state index contributed by atoms with van der Waals surface area (Å²) in [5, 5.41) is 3.11. The lowest BCUT2D eigenvalue weighted by molar-refractivity contribution is -0.141. The van der Waals surface area contributed by atoms with E-state index in [-0.39, 0.29) is 68.7 Å². The van der Waals surface area contributed by atoms with E-state index in [0.29, 0.717) is 11.9 Å². The number of nitrogens with zero attached hydrogens (tertiary/aromatic N) is 6. The first kappa shape index (κ1) is 26.2. The Morgan fingerprint density at radius 3 is 2.70 bits per heavy atom. The number of nitrogen functional groups attached to an aromatic ring is 1. The number of carbonyl (C=O) groups is 2. The van der Waals surface area contributed by atoms with Crippen molar-refractivity contribution in [2.24, 2.45) is 5.41 Å². The highest BCUT2D eigenvalue weighted by atomic mass is 35.5. The smallest absolute Gasteiger partial charge is 0.383 e. The highest BCUT2D eigenvalue weighted by molar-refractivity contribution is 6.29. The Kier molecular flexibility index (Phi) is 5.91. The average molecular weight is 573 g/mol. The molecule has 40 heavy (non-hydrogen) atoms. The lowest BCUT2D eigenvalue weighted by atomic mass is 9.66. The molecule has 1 saturated carbocycles. The zero-order valence-corrected chi connectivity index (χ0v) is 22.2. The largest absolute Gasteiger partial charge is 0.433 e. The fraction of sp³-hybridized carbons (Fsp3) is 0.385. The Hall–Kier alpha value is -4.00. The predicted octanol–water partition coefficient (Wildman–Crippen LogP) is 4.35. The van der Waals surface area contributed by atoms with E-state index in [0.717, 1.165) is 18.9 Å². The number of amides is 2. The number of alkyl halides is 3. The standard InChI is InChI=1S/C26H24ClF3N8O2/c1-12-8-14(26(28,29)30)34-20-19-22(31)32-11-33-23(19)37(21(12)20)10-18(39)38-13(9-25(2)7-6-15(25)38)24(40)36-17-5-3-4-16(27)35-17/h3-5,8,11,13,15H,6-7,9-10H2,1-2H3,(H2,31,32,33)(H,35,36,40)/t13-,15+,25+/m0/s1. The summed E-state index contributed by atoms with van der Waals surface area (Å²) >= 11 is 5.96. The maximum absolute atomic E-state index is 14.0. The summed E-state index contributed by atoms with van der Waals surface area (Å²) in [6.45, 7) is 3.28. The minimum absolute atomic E-state index is 0.0375. The second kappa shape index (κ2) is 9.01. The number of aryl methyl sites for hydroxylation is 1. The van der Waals surface area contributed by atoms with Crippen molar-refractivity contribution in [3.63, 3.8) is 0 Å². The van der Waals surface area contributed by atoms with Crippen molar-refractivity contribution in [3.05, 3.63) is 47.0 Å². The van der Waals surface area contributed by atoms with Crippen LogP contribution in [0.5, 0.6) is 0 Å². The number of hydrogen-bond acceptors (Lipinski definition) is 7. The van der Waals surface area contributed by atoms with Crippen LogP contribution in [0.15, 0.2) is 30.6 Å². The summed E-state index contributed by atoms with van der Waals surface area (Å²) in [4.78, 5) is 45.2. The van der Waals surface area contributed by atoms with Crippen molar-refractivity contribution in [2.75, 3.05) is 11.1 Å². The number of likely N-dealkylation sites (tertiary alicyclic amines) is 1.